The van der Waals surface area contributed by atoms with Gasteiger partial charge in [0, 0.05) is 17.1 Å². The van der Waals surface area contributed by atoms with Crippen molar-refractivity contribution in [3.05, 3.63) is 58.1 Å². The van der Waals surface area contributed by atoms with Gasteiger partial charge in [-0.1, -0.05) is 0 Å². The van der Waals surface area contributed by atoms with E-state index in [1.54, 1.807) is 0 Å². The van der Waals surface area contributed by atoms with Crippen LogP contribution in [-0.4, -0.2) is 15.0 Å². The summed E-state index contributed by atoms with van der Waals surface area (Å²) in [6.45, 7) is 0.233. The van der Waals surface area contributed by atoms with Gasteiger partial charge in [-0.05, 0) is 35.7 Å². The van der Waals surface area contributed by atoms with E-state index in [0.717, 1.165) is 16.7 Å². The van der Waals surface area contributed by atoms with E-state index >= 15 is 0 Å². The Labute approximate surface area is 123 Å². The lowest BCUT2D eigenvalue weighted by Crippen LogP contribution is -2.12. The van der Waals surface area contributed by atoms with E-state index in [1.165, 1.54) is 11.3 Å². The fourth-order valence-corrected chi connectivity index (χ4v) is 2.99. The third-order valence-corrected chi connectivity index (χ3v) is 4.17. The molecule has 0 amide bonds. The molecule has 3 heterocycles. The molecule has 104 valence electrons. The van der Waals surface area contributed by atoms with Gasteiger partial charge in [0.25, 0.3) is 5.56 Å². The Morgan fingerprint density at radius 3 is 3.14 bits per heavy atom. The molecule has 0 aliphatic carbocycles. The summed E-state index contributed by atoms with van der Waals surface area (Å²) in [6.07, 6.45) is 1.89. The number of hydrogen-bond donors (Lipinski definition) is 2. The maximum Gasteiger partial charge on any atom is 0.268 e. The van der Waals surface area contributed by atoms with E-state index in [9.17, 15) is 4.79 Å². The highest BCUT2D eigenvalue weighted by Crippen LogP contribution is 2.20. The summed E-state index contributed by atoms with van der Waals surface area (Å²) in [6, 6.07) is 9.63. The highest BCUT2D eigenvalue weighted by molar-refractivity contribution is 7.17. The average Bonchev–Trinajstić information content (AvgIpc) is 3.13. The molecule has 4 aromatic rings. The Balaban J connectivity index is 1.60. The van der Waals surface area contributed by atoms with Crippen LogP contribution in [0.5, 0.6) is 5.75 Å². The number of aromatic nitrogens is 3. The van der Waals surface area contributed by atoms with E-state index in [2.05, 4.69) is 15.0 Å². The molecule has 4 rings (SSSR count). The van der Waals surface area contributed by atoms with Crippen molar-refractivity contribution in [2.45, 2.75) is 6.61 Å². The number of ether oxygens (including phenoxy) is 1. The van der Waals surface area contributed by atoms with Crippen LogP contribution in [0.3, 0.4) is 0 Å². The standard InChI is InChI=1S/C15H11N3O2S/c19-15-14-12(4-6-21-14)17-13(18-15)8-20-10-1-2-11-9(7-10)3-5-16-11/h1-7,16H,8H2,(H,17,18,19). The van der Waals surface area contributed by atoms with Crippen molar-refractivity contribution in [2.75, 3.05) is 0 Å². The van der Waals surface area contributed by atoms with Crippen molar-refractivity contribution in [3.8, 4) is 5.75 Å². The summed E-state index contributed by atoms with van der Waals surface area (Å²) in [4.78, 5) is 22.1. The van der Waals surface area contributed by atoms with Gasteiger partial charge in [0.1, 0.15) is 22.9 Å². The van der Waals surface area contributed by atoms with Gasteiger partial charge in [-0.25, -0.2) is 4.98 Å². The molecule has 0 radical (unpaired) electrons. The summed E-state index contributed by atoms with van der Waals surface area (Å²) >= 11 is 1.39. The molecule has 0 fully saturated rings. The first kappa shape index (κ1) is 12.2. The van der Waals surface area contributed by atoms with Crippen LogP contribution in [0.25, 0.3) is 21.1 Å². The maximum atomic E-state index is 11.9. The molecule has 0 aliphatic rings. The predicted molar refractivity (Wildman–Crippen MR) is 82.9 cm³/mol. The monoisotopic (exact) mass is 297 g/mol. The van der Waals surface area contributed by atoms with Gasteiger partial charge in [0.15, 0.2) is 0 Å². The first-order valence-corrected chi connectivity index (χ1v) is 7.34. The lowest BCUT2D eigenvalue weighted by molar-refractivity contribution is 0.296. The SMILES string of the molecule is O=c1[nH]c(COc2ccc3[nH]ccc3c2)nc2ccsc12. The van der Waals surface area contributed by atoms with Gasteiger partial charge in [0.05, 0.1) is 5.52 Å². The van der Waals surface area contributed by atoms with Gasteiger partial charge >= 0.3 is 0 Å². The van der Waals surface area contributed by atoms with Crippen molar-refractivity contribution < 1.29 is 4.74 Å². The Bertz CT molecular complexity index is 983. The Kier molecular flexibility index (Phi) is 2.75. The van der Waals surface area contributed by atoms with Crippen molar-refractivity contribution >= 4 is 32.5 Å². The number of benzene rings is 1. The van der Waals surface area contributed by atoms with Crippen molar-refractivity contribution in [1.29, 1.82) is 0 Å². The fraction of sp³-hybridized carbons (Fsp3) is 0.0667. The zero-order valence-corrected chi connectivity index (χ0v) is 11.7. The Morgan fingerprint density at radius 1 is 1.24 bits per heavy atom. The largest absolute Gasteiger partial charge is 0.486 e. The molecule has 2 N–H and O–H groups in total. The lowest BCUT2D eigenvalue weighted by atomic mass is 10.2. The lowest BCUT2D eigenvalue weighted by Gasteiger charge is -2.05. The fourth-order valence-electron chi connectivity index (χ4n) is 2.26. The molecule has 6 heteroatoms. The van der Waals surface area contributed by atoms with Crippen LogP contribution in [0.15, 0.2) is 46.7 Å². The van der Waals surface area contributed by atoms with Crippen molar-refractivity contribution in [3.63, 3.8) is 0 Å². The second-order valence-corrected chi connectivity index (χ2v) is 5.58. The molecule has 21 heavy (non-hydrogen) atoms. The van der Waals surface area contributed by atoms with Crippen LogP contribution in [-0.2, 0) is 6.61 Å². The predicted octanol–water partition coefficient (Wildman–Crippen LogP) is 3.04. The van der Waals surface area contributed by atoms with Gasteiger partial charge in [-0.3, -0.25) is 4.79 Å². The molecular weight excluding hydrogens is 286 g/mol. The summed E-state index contributed by atoms with van der Waals surface area (Å²) in [7, 11) is 0. The van der Waals surface area contributed by atoms with E-state index in [-0.39, 0.29) is 12.2 Å². The molecule has 0 bridgehead atoms. The number of fused-ring (bicyclic) bond motifs is 2. The quantitative estimate of drug-likeness (QED) is 0.610. The third kappa shape index (κ3) is 2.19. The summed E-state index contributed by atoms with van der Waals surface area (Å²) < 4.78 is 6.35. The smallest absolute Gasteiger partial charge is 0.268 e. The Hall–Kier alpha value is -2.60. The minimum Gasteiger partial charge on any atom is -0.486 e. The van der Waals surface area contributed by atoms with Crippen LogP contribution < -0.4 is 10.3 Å². The third-order valence-electron chi connectivity index (χ3n) is 3.26. The van der Waals surface area contributed by atoms with E-state index in [0.29, 0.717) is 16.0 Å². The van der Waals surface area contributed by atoms with Gasteiger partial charge in [-0.15, -0.1) is 11.3 Å². The molecule has 1 aromatic carbocycles. The van der Waals surface area contributed by atoms with Crippen LogP contribution in [0.1, 0.15) is 5.82 Å². The minimum absolute atomic E-state index is 0.116. The summed E-state index contributed by atoms with van der Waals surface area (Å²) in [5, 5.41) is 2.94. The second-order valence-electron chi connectivity index (χ2n) is 4.66. The number of aromatic amines is 2. The molecule has 0 saturated carbocycles. The summed E-state index contributed by atoms with van der Waals surface area (Å²) in [5.41, 5.74) is 1.66. The van der Waals surface area contributed by atoms with Crippen LogP contribution in [0.2, 0.25) is 0 Å². The maximum absolute atomic E-state index is 11.9. The average molecular weight is 297 g/mol. The van der Waals surface area contributed by atoms with Crippen LogP contribution in [0.4, 0.5) is 0 Å². The molecule has 0 aliphatic heterocycles. The Morgan fingerprint density at radius 2 is 2.19 bits per heavy atom. The van der Waals surface area contributed by atoms with E-state index < -0.39 is 0 Å². The highest BCUT2D eigenvalue weighted by atomic mass is 32.1. The van der Waals surface area contributed by atoms with Gasteiger partial charge in [0.2, 0.25) is 0 Å². The number of nitrogens with one attached hydrogen (secondary N) is 2. The number of hydrogen-bond acceptors (Lipinski definition) is 4. The van der Waals surface area contributed by atoms with Crippen molar-refractivity contribution in [1.82, 2.24) is 15.0 Å². The van der Waals surface area contributed by atoms with E-state index in [4.69, 9.17) is 4.74 Å². The molecular formula is C15H11N3O2S. The van der Waals surface area contributed by atoms with Gasteiger partial charge < -0.3 is 14.7 Å². The van der Waals surface area contributed by atoms with Crippen molar-refractivity contribution in [2.24, 2.45) is 0 Å². The zero-order chi connectivity index (χ0) is 14.2. The first-order chi connectivity index (χ1) is 10.3. The zero-order valence-electron chi connectivity index (χ0n) is 10.9. The minimum atomic E-state index is -0.116. The van der Waals surface area contributed by atoms with Crippen LogP contribution in [0, 0.1) is 0 Å². The first-order valence-electron chi connectivity index (χ1n) is 6.46. The second kappa shape index (κ2) is 4.75. The molecule has 0 unspecified atom stereocenters. The molecule has 5 nitrogen and oxygen atoms in total. The number of H-pyrrole nitrogens is 2. The van der Waals surface area contributed by atoms with Crippen LogP contribution >= 0.6 is 11.3 Å². The number of rotatable bonds is 3. The molecule has 0 spiro atoms. The van der Waals surface area contributed by atoms with E-state index in [1.807, 2.05) is 41.9 Å². The summed E-state index contributed by atoms with van der Waals surface area (Å²) in [5.74, 6) is 1.27. The molecule has 0 saturated heterocycles. The molecule has 0 atom stereocenters. The highest BCUT2D eigenvalue weighted by Gasteiger charge is 2.06. The van der Waals surface area contributed by atoms with Gasteiger partial charge in [-0.2, -0.15) is 0 Å². The number of nitrogens with zero attached hydrogens (tertiary/aromatic N) is 1. The number of thiophene rings is 1. The molecule has 3 aromatic heterocycles. The normalized spacial score (nSPS) is 11.2. The topological polar surface area (TPSA) is 70.8 Å².